The fourth-order valence-corrected chi connectivity index (χ4v) is 5.11. The van der Waals surface area contributed by atoms with Gasteiger partial charge in [-0.25, -0.2) is 4.57 Å². The number of rotatable bonds is 32. The van der Waals surface area contributed by atoms with Crippen molar-refractivity contribution in [1.82, 2.24) is 0 Å². The topological polar surface area (TPSA) is 127 Å². The molecule has 0 aliphatic rings. The van der Waals surface area contributed by atoms with E-state index in [0.717, 1.165) is 38.5 Å². The number of esters is 1. The molecule has 2 unspecified atom stereocenters. The van der Waals surface area contributed by atoms with Crippen molar-refractivity contribution in [3.63, 3.8) is 0 Å². The van der Waals surface area contributed by atoms with Crippen LogP contribution in [0.15, 0.2) is 0 Å². The molecule has 0 aliphatic carbocycles. The van der Waals surface area contributed by atoms with Crippen LogP contribution >= 0.6 is 7.82 Å². The fourth-order valence-electron chi connectivity index (χ4n) is 4.35. The van der Waals surface area contributed by atoms with Gasteiger partial charge in [0.1, 0.15) is 6.10 Å². The second-order valence-electron chi connectivity index (χ2n) is 10.5. The van der Waals surface area contributed by atoms with E-state index in [9.17, 15) is 14.3 Å². The van der Waals surface area contributed by atoms with E-state index in [2.05, 4.69) is 6.92 Å². The number of carbonyl (C=O) groups is 1. The van der Waals surface area contributed by atoms with Gasteiger partial charge in [0, 0.05) is 26.2 Å². The van der Waals surface area contributed by atoms with Crippen LogP contribution < -0.4 is 5.73 Å². The molecule has 0 heterocycles. The van der Waals surface area contributed by atoms with Crippen molar-refractivity contribution in [1.29, 1.82) is 0 Å². The molecule has 0 spiro atoms. The van der Waals surface area contributed by atoms with Crippen molar-refractivity contribution < 1.29 is 37.5 Å². The molecule has 10 heteroatoms. The highest BCUT2D eigenvalue weighted by atomic mass is 31.2. The van der Waals surface area contributed by atoms with Gasteiger partial charge in [0.2, 0.25) is 0 Å². The zero-order valence-electron chi connectivity index (χ0n) is 25.8. The minimum Gasteiger partial charge on any atom is -0.466 e. The van der Waals surface area contributed by atoms with Gasteiger partial charge >= 0.3 is 13.8 Å². The fraction of sp³-hybridized carbons (Fsp3) is 0.967. The first-order chi connectivity index (χ1) is 19.4. The number of hydrogen-bond donors (Lipinski definition) is 2. The van der Waals surface area contributed by atoms with E-state index in [1.54, 1.807) is 6.92 Å². The van der Waals surface area contributed by atoms with Gasteiger partial charge in [-0.2, -0.15) is 0 Å². The molecular formula is C30H62NO8P. The Balaban J connectivity index is 3.95. The Morgan fingerprint density at radius 1 is 0.700 bits per heavy atom. The molecule has 0 aromatic rings. The normalized spacial score (nSPS) is 13.8. The average molecular weight is 596 g/mol. The second kappa shape index (κ2) is 29.9. The zero-order valence-corrected chi connectivity index (χ0v) is 26.7. The second-order valence-corrected chi connectivity index (χ2v) is 12.0. The van der Waals surface area contributed by atoms with E-state index in [4.69, 9.17) is 29.0 Å². The number of hydrogen-bond acceptors (Lipinski definition) is 8. The maximum Gasteiger partial charge on any atom is 0.472 e. The van der Waals surface area contributed by atoms with Crippen molar-refractivity contribution >= 4 is 13.8 Å². The summed E-state index contributed by atoms with van der Waals surface area (Å²) in [7, 11) is -4.17. The van der Waals surface area contributed by atoms with Gasteiger partial charge in [0.25, 0.3) is 0 Å². The molecule has 0 aromatic carbocycles. The third-order valence-electron chi connectivity index (χ3n) is 6.68. The smallest absolute Gasteiger partial charge is 0.466 e. The summed E-state index contributed by atoms with van der Waals surface area (Å²) < 4.78 is 38.5. The minimum absolute atomic E-state index is 0.0548. The predicted octanol–water partition coefficient (Wildman–Crippen LogP) is 7.48. The SMILES string of the molecule is CCCCCCCCCCCCCCCCOCC(COP(=O)(O)OCCN)OCCCCCCC(=O)OCC. The summed E-state index contributed by atoms with van der Waals surface area (Å²) in [6.45, 7) is 5.86. The summed E-state index contributed by atoms with van der Waals surface area (Å²) >= 11 is 0. The quantitative estimate of drug-likeness (QED) is 0.0462. The summed E-state index contributed by atoms with van der Waals surface area (Å²) in [4.78, 5) is 21.2. The molecule has 0 saturated heterocycles. The summed E-state index contributed by atoms with van der Waals surface area (Å²) in [5, 5.41) is 0. The highest BCUT2D eigenvalue weighted by Gasteiger charge is 2.23. The average Bonchev–Trinajstić information content (AvgIpc) is 2.93. The maximum atomic E-state index is 12.0. The first kappa shape index (κ1) is 39.5. The molecule has 40 heavy (non-hydrogen) atoms. The molecule has 0 fully saturated rings. The molecule has 3 N–H and O–H groups in total. The van der Waals surface area contributed by atoms with Crippen molar-refractivity contribution in [3.8, 4) is 0 Å². The van der Waals surface area contributed by atoms with Crippen molar-refractivity contribution in [2.75, 3.05) is 46.2 Å². The number of phosphoric ester groups is 1. The molecule has 0 aromatic heterocycles. The third-order valence-corrected chi connectivity index (χ3v) is 7.66. The van der Waals surface area contributed by atoms with Crippen LogP contribution in [0.3, 0.4) is 0 Å². The van der Waals surface area contributed by atoms with Crippen molar-refractivity contribution in [2.24, 2.45) is 5.73 Å². The van der Waals surface area contributed by atoms with E-state index in [1.807, 2.05) is 0 Å². The van der Waals surface area contributed by atoms with Crippen LogP contribution in [0.5, 0.6) is 0 Å². The van der Waals surface area contributed by atoms with E-state index < -0.39 is 13.9 Å². The van der Waals surface area contributed by atoms with Crippen LogP contribution in [0.1, 0.15) is 136 Å². The lowest BCUT2D eigenvalue weighted by Crippen LogP contribution is -2.26. The Kier molecular flexibility index (Phi) is 29.5. The standard InChI is InChI=1S/C30H62NO8P/c1-3-5-6-7-8-9-10-11-12-13-14-15-17-20-24-35-27-29(28-39-40(33,34)38-26-23-31)37-25-21-18-16-19-22-30(32)36-4-2/h29H,3-28,31H2,1-2H3,(H,33,34). The van der Waals surface area contributed by atoms with Crippen LogP contribution in [0, 0.1) is 0 Å². The first-order valence-electron chi connectivity index (χ1n) is 16.1. The summed E-state index contributed by atoms with van der Waals surface area (Å²) in [5.74, 6) is -0.155. The summed E-state index contributed by atoms with van der Waals surface area (Å²) in [6, 6.07) is 0. The van der Waals surface area contributed by atoms with Gasteiger partial charge in [-0.05, 0) is 26.2 Å². The van der Waals surface area contributed by atoms with Gasteiger partial charge in [0.15, 0.2) is 0 Å². The van der Waals surface area contributed by atoms with E-state index >= 15 is 0 Å². The molecule has 0 bridgehead atoms. The van der Waals surface area contributed by atoms with Crippen LogP contribution in [-0.2, 0) is 32.6 Å². The van der Waals surface area contributed by atoms with Gasteiger partial charge < -0.3 is 24.8 Å². The number of carbonyl (C=O) groups excluding carboxylic acids is 1. The molecular weight excluding hydrogens is 533 g/mol. The van der Waals surface area contributed by atoms with Crippen molar-refractivity contribution in [3.05, 3.63) is 0 Å². The number of unbranched alkanes of at least 4 members (excludes halogenated alkanes) is 16. The Bertz CT molecular complexity index is 596. The van der Waals surface area contributed by atoms with E-state index in [-0.39, 0.29) is 32.3 Å². The maximum absolute atomic E-state index is 12.0. The molecule has 0 radical (unpaired) electrons. The number of ether oxygens (including phenoxy) is 3. The molecule has 0 aliphatic heterocycles. The van der Waals surface area contributed by atoms with Gasteiger partial charge in [-0.1, -0.05) is 103 Å². The molecule has 2 atom stereocenters. The molecule has 0 amide bonds. The van der Waals surface area contributed by atoms with Gasteiger partial charge in [0.05, 0.1) is 26.4 Å². The highest BCUT2D eigenvalue weighted by Crippen LogP contribution is 2.43. The van der Waals surface area contributed by atoms with E-state index in [0.29, 0.717) is 26.2 Å². The monoisotopic (exact) mass is 595 g/mol. The largest absolute Gasteiger partial charge is 0.472 e. The van der Waals surface area contributed by atoms with Crippen LogP contribution in [-0.4, -0.2) is 63.2 Å². The predicted molar refractivity (Wildman–Crippen MR) is 161 cm³/mol. The molecule has 9 nitrogen and oxygen atoms in total. The zero-order chi connectivity index (χ0) is 29.6. The number of phosphoric acid groups is 1. The molecule has 0 rings (SSSR count). The minimum atomic E-state index is -4.17. The Labute approximate surface area is 245 Å². The molecule has 0 saturated carbocycles. The van der Waals surface area contributed by atoms with Gasteiger partial charge in [-0.15, -0.1) is 0 Å². The number of nitrogens with two attached hydrogens (primary N) is 1. The first-order valence-corrected chi connectivity index (χ1v) is 17.6. The summed E-state index contributed by atoms with van der Waals surface area (Å²) in [6.07, 6.45) is 21.8. The Hall–Kier alpha value is -0.540. The van der Waals surface area contributed by atoms with Crippen molar-refractivity contribution in [2.45, 2.75) is 142 Å². The van der Waals surface area contributed by atoms with Crippen LogP contribution in [0.25, 0.3) is 0 Å². The summed E-state index contributed by atoms with van der Waals surface area (Å²) in [5.41, 5.74) is 5.33. The molecule has 240 valence electrons. The Morgan fingerprint density at radius 3 is 1.77 bits per heavy atom. The lowest BCUT2D eigenvalue weighted by Gasteiger charge is -2.20. The van der Waals surface area contributed by atoms with Crippen LogP contribution in [0.4, 0.5) is 0 Å². The highest BCUT2D eigenvalue weighted by molar-refractivity contribution is 7.47. The lowest BCUT2D eigenvalue weighted by molar-refractivity contribution is -0.143. The van der Waals surface area contributed by atoms with Gasteiger partial charge in [-0.3, -0.25) is 13.8 Å². The lowest BCUT2D eigenvalue weighted by atomic mass is 10.0. The van der Waals surface area contributed by atoms with Crippen LogP contribution in [0.2, 0.25) is 0 Å². The third kappa shape index (κ3) is 29.0. The van der Waals surface area contributed by atoms with E-state index in [1.165, 1.54) is 77.0 Å². The Morgan fingerprint density at radius 2 is 1.23 bits per heavy atom.